The number of benzene rings is 1. The molecule has 1 N–H and O–H groups in total. The maximum Gasteiger partial charge on any atom is 0.251 e. The topological polar surface area (TPSA) is 56.2 Å². The van der Waals surface area contributed by atoms with Crippen LogP contribution in [0.15, 0.2) is 30.3 Å². The van der Waals surface area contributed by atoms with E-state index in [1.807, 2.05) is 48.9 Å². The van der Waals surface area contributed by atoms with Crippen molar-refractivity contribution in [2.45, 2.75) is 32.8 Å². The normalized spacial score (nSPS) is 17.6. The fraction of sp³-hybridized carbons (Fsp3) is 0.412. The van der Waals surface area contributed by atoms with Crippen LogP contribution in [0.4, 0.5) is 0 Å². The van der Waals surface area contributed by atoms with Gasteiger partial charge in [0.1, 0.15) is 0 Å². The van der Waals surface area contributed by atoms with Gasteiger partial charge < -0.3 is 10.1 Å². The van der Waals surface area contributed by atoms with Gasteiger partial charge in [0.15, 0.2) is 0 Å². The SMILES string of the molecule is Cc1cc(C)n(-c2ccc(C(=O)NCC3CCCO3)cc2)n1. The molecule has 0 spiro atoms. The van der Waals surface area contributed by atoms with Gasteiger partial charge in [0, 0.05) is 24.4 Å². The third-order valence-electron chi connectivity index (χ3n) is 3.90. The monoisotopic (exact) mass is 299 g/mol. The number of carbonyl (C=O) groups excluding carboxylic acids is 1. The number of aryl methyl sites for hydroxylation is 2. The van der Waals surface area contributed by atoms with Gasteiger partial charge in [0.25, 0.3) is 5.91 Å². The Balaban J connectivity index is 1.65. The zero-order valence-electron chi connectivity index (χ0n) is 13.0. The molecule has 0 radical (unpaired) electrons. The summed E-state index contributed by atoms with van der Waals surface area (Å²) in [6, 6.07) is 9.52. The predicted molar refractivity (Wildman–Crippen MR) is 84.3 cm³/mol. The van der Waals surface area contributed by atoms with Crippen LogP contribution in [0.1, 0.15) is 34.6 Å². The zero-order valence-corrected chi connectivity index (χ0v) is 13.0. The minimum Gasteiger partial charge on any atom is -0.376 e. The highest BCUT2D eigenvalue weighted by Gasteiger charge is 2.16. The second-order valence-corrected chi connectivity index (χ2v) is 5.73. The Morgan fingerprint density at radius 2 is 2.14 bits per heavy atom. The van der Waals surface area contributed by atoms with Crippen molar-refractivity contribution in [2.75, 3.05) is 13.2 Å². The van der Waals surface area contributed by atoms with Crippen molar-refractivity contribution in [1.29, 1.82) is 0 Å². The summed E-state index contributed by atoms with van der Waals surface area (Å²) in [5, 5.41) is 7.37. The molecule has 2 heterocycles. The average molecular weight is 299 g/mol. The molecule has 1 amide bonds. The summed E-state index contributed by atoms with van der Waals surface area (Å²) in [7, 11) is 0. The highest BCUT2D eigenvalue weighted by molar-refractivity contribution is 5.94. The molecule has 2 aromatic rings. The summed E-state index contributed by atoms with van der Waals surface area (Å²) in [5.41, 5.74) is 3.67. The van der Waals surface area contributed by atoms with Crippen molar-refractivity contribution >= 4 is 5.91 Å². The number of carbonyl (C=O) groups is 1. The molecule has 116 valence electrons. The Kier molecular flexibility index (Phi) is 4.24. The van der Waals surface area contributed by atoms with Crippen LogP contribution in [0.5, 0.6) is 0 Å². The fourth-order valence-corrected chi connectivity index (χ4v) is 2.76. The Morgan fingerprint density at radius 3 is 2.73 bits per heavy atom. The Labute approximate surface area is 130 Å². The molecule has 0 bridgehead atoms. The summed E-state index contributed by atoms with van der Waals surface area (Å²) in [6.07, 6.45) is 2.27. The molecule has 1 aromatic carbocycles. The summed E-state index contributed by atoms with van der Waals surface area (Å²) in [5.74, 6) is -0.0598. The van der Waals surface area contributed by atoms with Gasteiger partial charge in [-0.15, -0.1) is 0 Å². The molecule has 1 aromatic heterocycles. The Bertz CT molecular complexity index is 655. The average Bonchev–Trinajstić information content (AvgIpc) is 3.14. The van der Waals surface area contributed by atoms with E-state index in [0.29, 0.717) is 12.1 Å². The third-order valence-corrected chi connectivity index (χ3v) is 3.90. The molecule has 1 saturated heterocycles. The Morgan fingerprint density at radius 1 is 1.36 bits per heavy atom. The Hall–Kier alpha value is -2.14. The summed E-state index contributed by atoms with van der Waals surface area (Å²) in [6.45, 7) is 5.37. The van der Waals surface area contributed by atoms with Crippen molar-refractivity contribution in [3.05, 3.63) is 47.3 Å². The number of hydrogen-bond donors (Lipinski definition) is 1. The van der Waals surface area contributed by atoms with Crippen LogP contribution in [0.3, 0.4) is 0 Å². The molecule has 1 unspecified atom stereocenters. The number of amides is 1. The minimum atomic E-state index is -0.0598. The first kappa shape index (κ1) is 14.8. The number of nitrogens with zero attached hydrogens (tertiary/aromatic N) is 2. The number of hydrogen-bond acceptors (Lipinski definition) is 3. The van der Waals surface area contributed by atoms with E-state index >= 15 is 0 Å². The van der Waals surface area contributed by atoms with E-state index in [4.69, 9.17) is 4.74 Å². The number of aromatic nitrogens is 2. The van der Waals surface area contributed by atoms with E-state index in [0.717, 1.165) is 36.5 Å². The molecular weight excluding hydrogens is 278 g/mol. The summed E-state index contributed by atoms with van der Waals surface area (Å²) in [4.78, 5) is 12.1. The first-order valence-electron chi connectivity index (χ1n) is 7.67. The van der Waals surface area contributed by atoms with Crippen molar-refractivity contribution in [3.8, 4) is 5.69 Å². The van der Waals surface area contributed by atoms with Gasteiger partial charge in [-0.25, -0.2) is 4.68 Å². The molecule has 22 heavy (non-hydrogen) atoms. The smallest absolute Gasteiger partial charge is 0.251 e. The molecule has 1 aliphatic heterocycles. The second-order valence-electron chi connectivity index (χ2n) is 5.73. The largest absolute Gasteiger partial charge is 0.376 e. The van der Waals surface area contributed by atoms with Crippen LogP contribution in [0, 0.1) is 13.8 Å². The van der Waals surface area contributed by atoms with Crippen LogP contribution in [-0.2, 0) is 4.74 Å². The highest BCUT2D eigenvalue weighted by Crippen LogP contribution is 2.14. The van der Waals surface area contributed by atoms with Crippen molar-refractivity contribution in [2.24, 2.45) is 0 Å². The molecule has 3 rings (SSSR count). The van der Waals surface area contributed by atoms with Gasteiger partial charge in [-0.1, -0.05) is 0 Å². The van der Waals surface area contributed by atoms with Crippen LogP contribution in [-0.4, -0.2) is 34.9 Å². The molecular formula is C17H21N3O2. The first-order chi connectivity index (χ1) is 10.6. The molecule has 1 atom stereocenters. The number of rotatable bonds is 4. The van der Waals surface area contributed by atoms with E-state index < -0.39 is 0 Å². The van der Waals surface area contributed by atoms with E-state index in [1.165, 1.54) is 0 Å². The van der Waals surface area contributed by atoms with Crippen molar-refractivity contribution < 1.29 is 9.53 Å². The summed E-state index contributed by atoms with van der Waals surface area (Å²) >= 11 is 0. The van der Waals surface area contributed by atoms with Gasteiger partial charge in [-0.05, 0) is 57.0 Å². The predicted octanol–water partition coefficient (Wildman–Crippen LogP) is 2.40. The number of nitrogens with one attached hydrogen (secondary N) is 1. The molecule has 1 aliphatic rings. The van der Waals surface area contributed by atoms with Gasteiger partial charge in [0.2, 0.25) is 0 Å². The molecule has 5 nitrogen and oxygen atoms in total. The lowest BCUT2D eigenvalue weighted by molar-refractivity contribution is 0.0858. The lowest BCUT2D eigenvalue weighted by Crippen LogP contribution is -2.31. The minimum absolute atomic E-state index is 0.0598. The third kappa shape index (κ3) is 3.20. The lowest BCUT2D eigenvalue weighted by Gasteiger charge is -2.11. The van der Waals surface area contributed by atoms with Gasteiger partial charge in [0.05, 0.1) is 17.5 Å². The maximum atomic E-state index is 12.1. The van der Waals surface area contributed by atoms with E-state index in [2.05, 4.69) is 10.4 Å². The lowest BCUT2D eigenvalue weighted by atomic mass is 10.2. The second kappa shape index (κ2) is 6.32. The van der Waals surface area contributed by atoms with E-state index in [1.54, 1.807) is 0 Å². The fourth-order valence-electron chi connectivity index (χ4n) is 2.76. The maximum absolute atomic E-state index is 12.1. The zero-order chi connectivity index (χ0) is 15.5. The highest BCUT2D eigenvalue weighted by atomic mass is 16.5. The molecule has 0 saturated carbocycles. The molecule has 5 heteroatoms. The van der Waals surface area contributed by atoms with Gasteiger partial charge in [-0.3, -0.25) is 4.79 Å². The molecule has 1 fully saturated rings. The van der Waals surface area contributed by atoms with E-state index in [-0.39, 0.29) is 12.0 Å². The van der Waals surface area contributed by atoms with Crippen LogP contribution in [0.2, 0.25) is 0 Å². The summed E-state index contributed by atoms with van der Waals surface area (Å²) < 4.78 is 7.38. The quantitative estimate of drug-likeness (QED) is 0.943. The van der Waals surface area contributed by atoms with Gasteiger partial charge in [-0.2, -0.15) is 5.10 Å². The van der Waals surface area contributed by atoms with Crippen molar-refractivity contribution in [3.63, 3.8) is 0 Å². The molecule has 0 aliphatic carbocycles. The van der Waals surface area contributed by atoms with Crippen LogP contribution >= 0.6 is 0 Å². The number of ether oxygens (including phenoxy) is 1. The van der Waals surface area contributed by atoms with Crippen LogP contribution < -0.4 is 5.32 Å². The van der Waals surface area contributed by atoms with Gasteiger partial charge >= 0.3 is 0 Å². The van der Waals surface area contributed by atoms with Crippen molar-refractivity contribution in [1.82, 2.24) is 15.1 Å². The standard InChI is InChI=1S/C17H21N3O2/c1-12-10-13(2)20(19-12)15-7-5-14(6-8-15)17(21)18-11-16-4-3-9-22-16/h5-8,10,16H,3-4,9,11H2,1-2H3,(H,18,21). The van der Waals surface area contributed by atoms with Crippen LogP contribution in [0.25, 0.3) is 5.69 Å². The van der Waals surface area contributed by atoms with E-state index in [9.17, 15) is 4.79 Å². The first-order valence-corrected chi connectivity index (χ1v) is 7.67.